The second-order valence-corrected chi connectivity index (χ2v) is 15.9. The number of rotatable bonds is 3. The maximum Gasteiger partial charge on any atom is 0.139 e. The molecule has 0 unspecified atom stereocenters. The largest absolute Gasteiger partial charge is 0.456 e. The van der Waals surface area contributed by atoms with Crippen LogP contribution in [-0.2, 0) is 16.2 Å². The molecule has 0 spiro atoms. The van der Waals surface area contributed by atoms with Gasteiger partial charge in [-0.25, -0.2) is 0 Å². The van der Waals surface area contributed by atoms with Gasteiger partial charge >= 0.3 is 0 Å². The van der Waals surface area contributed by atoms with Gasteiger partial charge in [0.05, 0.1) is 22.4 Å². The standard InChI is InChI=1S/C45H43NO/c1-43(2,3)29-26-32-41-38(24-15-25-39(41)47-42(32)35(27-29)44(4,5)6)46(36-22-13-17-28-16-9-10-18-30(28)36)37-23-14-21-34-40(37)31-19-11-12-20-33(31)45(34,7)8/h9-27H,1-8H3. The molecule has 0 atom stereocenters. The van der Waals surface area contributed by atoms with Crippen molar-refractivity contribution in [3.63, 3.8) is 0 Å². The molecule has 0 fully saturated rings. The lowest BCUT2D eigenvalue weighted by Crippen LogP contribution is -2.16. The van der Waals surface area contributed by atoms with E-state index >= 15 is 0 Å². The Kier molecular flexibility index (Phi) is 6.35. The third-order valence-corrected chi connectivity index (χ3v) is 10.3. The summed E-state index contributed by atoms with van der Waals surface area (Å²) in [6.45, 7) is 18.5. The van der Waals surface area contributed by atoms with E-state index < -0.39 is 0 Å². The summed E-state index contributed by atoms with van der Waals surface area (Å²) in [6, 6.07) is 42.6. The Labute approximate surface area is 278 Å². The Morgan fingerprint density at radius 1 is 0.574 bits per heavy atom. The molecule has 0 saturated carbocycles. The van der Waals surface area contributed by atoms with Crippen LogP contribution in [0.15, 0.2) is 120 Å². The maximum absolute atomic E-state index is 6.88. The minimum absolute atomic E-state index is 0.0163. The first-order chi connectivity index (χ1) is 22.4. The van der Waals surface area contributed by atoms with Crippen LogP contribution in [0, 0.1) is 0 Å². The van der Waals surface area contributed by atoms with Crippen molar-refractivity contribution in [3.8, 4) is 11.1 Å². The van der Waals surface area contributed by atoms with E-state index in [1.807, 2.05) is 0 Å². The Hall–Kier alpha value is -4.82. The monoisotopic (exact) mass is 613 g/mol. The highest BCUT2D eigenvalue weighted by Crippen LogP contribution is 2.56. The summed E-state index contributed by atoms with van der Waals surface area (Å²) in [6.07, 6.45) is 0. The highest BCUT2D eigenvalue weighted by Gasteiger charge is 2.38. The molecule has 7 aromatic rings. The molecule has 0 radical (unpaired) electrons. The van der Waals surface area contributed by atoms with Crippen molar-refractivity contribution in [1.29, 1.82) is 0 Å². The van der Waals surface area contributed by atoms with E-state index in [9.17, 15) is 0 Å². The van der Waals surface area contributed by atoms with E-state index in [1.165, 1.54) is 55.2 Å². The van der Waals surface area contributed by atoms with Gasteiger partial charge < -0.3 is 9.32 Å². The van der Waals surface area contributed by atoms with Gasteiger partial charge in [0.1, 0.15) is 11.2 Å². The van der Waals surface area contributed by atoms with Gasteiger partial charge in [0.15, 0.2) is 0 Å². The van der Waals surface area contributed by atoms with Crippen molar-refractivity contribution in [3.05, 3.63) is 138 Å². The van der Waals surface area contributed by atoms with E-state index in [-0.39, 0.29) is 16.2 Å². The first kappa shape index (κ1) is 29.6. The maximum atomic E-state index is 6.88. The number of fused-ring (bicyclic) bond motifs is 7. The van der Waals surface area contributed by atoms with Gasteiger partial charge in [0, 0.05) is 27.3 Å². The van der Waals surface area contributed by atoms with Gasteiger partial charge in [0.2, 0.25) is 0 Å². The van der Waals surface area contributed by atoms with Gasteiger partial charge in [-0.2, -0.15) is 0 Å². The molecule has 1 heterocycles. The lowest BCUT2D eigenvalue weighted by atomic mass is 9.79. The van der Waals surface area contributed by atoms with Crippen molar-refractivity contribution in [2.24, 2.45) is 0 Å². The molecule has 1 aromatic heterocycles. The molecular weight excluding hydrogens is 571 g/mol. The Morgan fingerprint density at radius 2 is 1.21 bits per heavy atom. The molecule has 234 valence electrons. The first-order valence-electron chi connectivity index (χ1n) is 16.9. The summed E-state index contributed by atoms with van der Waals surface area (Å²) in [4.78, 5) is 2.51. The summed E-state index contributed by atoms with van der Waals surface area (Å²) in [5, 5.41) is 4.76. The highest BCUT2D eigenvalue weighted by atomic mass is 16.3. The molecule has 47 heavy (non-hydrogen) atoms. The number of hydrogen-bond acceptors (Lipinski definition) is 2. The number of anilines is 3. The first-order valence-corrected chi connectivity index (χ1v) is 16.9. The van der Waals surface area contributed by atoms with Gasteiger partial charge in [0.25, 0.3) is 0 Å². The quantitative estimate of drug-likeness (QED) is 0.197. The molecule has 0 bridgehead atoms. The molecule has 8 rings (SSSR count). The SMILES string of the molecule is CC(C)(C)c1cc(C(C)(C)C)c2oc3cccc(N(c4cccc5c4-c4ccccc4C5(C)C)c4cccc5ccccc45)c3c2c1. The second kappa shape index (κ2) is 10.1. The second-order valence-electron chi connectivity index (χ2n) is 15.9. The topological polar surface area (TPSA) is 16.4 Å². The third kappa shape index (κ3) is 4.45. The fraction of sp³-hybridized carbons (Fsp3) is 0.244. The number of hydrogen-bond donors (Lipinski definition) is 0. The summed E-state index contributed by atoms with van der Waals surface area (Å²) in [7, 11) is 0. The average molecular weight is 614 g/mol. The molecule has 0 saturated heterocycles. The van der Waals surface area contributed by atoms with Crippen LogP contribution >= 0.6 is 0 Å². The summed E-state index contributed by atoms with van der Waals surface area (Å²) < 4.78 is 6.88. The van der Waals surface area contributed by atoms with Crippen molar-refractivity contribution in [2.75, 3.05) is 4.90 Å². The third-order valence-electron chi connectivity index (χ3n) is 10.3. The highest BCUT2D eigenvalue weighted by molar-refractivity contribution is 6.16. The van der Waals surface area contributed by atoms with Crippen LogP contribution in [0.1, 0.15) is 77.6 Å². The van der Waals surface area contributed by atoms with E-state index in [2.05, 4.69) is 176 Å². The zero-order valence-corrected chi connectivity index (χ0v) is 28.8. The van der Waals surface area contributed by atoms with Gasteiger partial charge in [-0.05, 0) is 68.8 Å². The normalized spacial score (nSPS) is 14.1. The van der Waals surface area contributed by atoms with Crippen LogP contribution in [-0.4, -0.2) is 0 Å². The molecular formula is C45H43NO. The Balaban J connectivity index is 1.54. The summed E-state index contributed by atoms with van der Waals surface area (Å²) in [5.41, 5.74) is 13.1. The van der Waals surface area contributed by atoms with Crippen LogP contribution in [0.4, 0.5) is 17.1 Å². The molecule has 2 nitrogen and oxygen atoms in total. The molecule has 1 aliphatic rings. The fourth-order valence-corrected chi connectivity index (χ4v) is 7.80. The van der Waals surface area contributed by atoms with E-state index in [1.54, 1.807) is 0 Å². The predicted molar refractivity (Wildman–Crippen MR) is 201 cm³/mol. The van der Waals surface area contributed by atoms with Crippen molar-refractivity contribution in [1.82, 2.24) is 0 Å². The van der Waals surface area contributed by atoms with Crippen LogP contribution in [0.25, 0.3) is 43.8 Å². The molecule has 0 N–H and O–H groups in total. The lowest BCUT2D eigenvalue weighted by Gasteiger charge is -2.30. The predicted octanol–water partition coefficient (Wildman–Crippen LogP) is 13.1. The van der Waals surface area contributed by atoms with Gasteiger partial charge in [-0.1, -0.05) is 140 Å². The Bertz CT molecular complexity index is 2350. The zero-order valence-electron chi connectivity index (χ0n) is 28.8. The molecule has 0 amide bonds. The zero-order chi connectivity index (χ0) is 32.9. The van der Waals surface area contributed by atoms with Crippen LogP contribution in [0.5, 0.6) is 0 Å². The van der Waals surface area contributed by atoms with Gasteiger partial charge in [-0.15, -0.1) is 0 Å². The van der Waals surface area contributed by atoms with Crippen molar-refractivity contribution in [2.45, 2.75) is 71.6 Å². The molecule has 0 aliphatic heterocycles. The molecule has 2 heteroatoms. The molecule has 6 aromatic carbocycles. The van der Waals surface area contributed by atoms with E-state index in [0.717, 1.165) is 27.9 Å². The minimum atomic E-state index is -0.107. The summed E-state index contributed by atoms with van der Waals surface area (Å²) >= 11 is 0. The molecule has 1 aliphatic carbocycles. The van der Waals surface area contributed by atoms with Crippen LogP contribution in [0.2, 0.25) is 0 Å². The summed E-state index contributed by atoms with van der Waals surface area (Å²) in [5.74, 6) is 0. The smallest absolute Gasteiger partial charge is 0.139 e. The van der Waals surface area contributed by atoms with Crippen LogP contribution < -0.4 is 4.90 Å². The van der Waals surface area contributed by atoms with E-state index in [0.29, 0.717) is 0 Å². The van der Waals surface area contributed by atoms with Crippen LogP contribution in [0.3, 0.4) is 0 Å². The van der Waals surface area contributed by atoms with Gasteiger partial charge in [-0.3, -0.25) is 0 Å². The van der Waals surface area contributed by atoms with Crippen molar-refractivity contribution >= 4 is 49.8 Å². The number of benzene rings is 6. The number of nitrogens with zero attached hydrogens (tertiary/aromatic N) is 1. The van der Waals surface area contributed by atoms with Crippen molar-refractivity contribution < 1.29 is 4.42 Å². The Morgan fingerprint density at radius 3 is 2.00 bits per heavy atom. The lowest BCUT2D eigenvalue weighted by molar-refractivity contribution is 0.559. The fourth-order valence-electron chi connectivity index (χ4n) is 7.80. The minimum Gasteiger partial charge on any atom is -0.456 e. The average Bonchev–Trinajstić information content (AvgIpc) is 3.53. The number of furan rings is 1. The van der Waals surface area contributed by atoms with E-state index in [4.69, 9.17) is 4.42 Å².